The minimum absolute atomic E-state index is 0.0741. The highest BCUT2D eigenvalue weighted by Gasteiger charge is 2.28. The molecular weight excluding hydrogens is 341 g/mol. The molecule has 1 aromatic carbocycles. The Morgan fingerprint density at radius 3 is 2.40 bits per heavy atom. The Morgan fingerprint density at radius 1 is 1.24 bits per heavy atom. The van der Waals surface area contributed by atoms with Crippen LogP contribution in [-0.4, -0.2) is 35.4 Å². The van der Waals surface area contributed by atoms with E-state index in [1.807, 2.05) is 0 Å². The Kier molecular flexibility index (Phi) is 6.66. The first-order chi connectivity index (χ1) is 11.4. The van der Waals surface area contributed by atoms with Crippen molar-refractivity contribution in [3.05, 3.63) is 23.8 Å². The molecule has 0 aliphatic carbocycles. The molecule has 25 heavy (non-hydrogen) atoms. The third kappa shape index (κ3) is 8.27. The molecule has 0 unspecified atom stereocenters. The predicted octanol–water partition coefficient (Wildman–Crippen LogP) is 3.70. The molecule has 0 fully saturated rings. The molecule has 9 heteroatoms. The van der Waals surface area contributed by atoms with Crippen LogP contribution < -0.4 is 15.4 Å². The number of nitrogens with one attached hydrogen (secondary N) is 2. The zero-order valence-corrected chi connectivity index (χ0v) is 14.2. The molecule has 6 nitrogen and oxygen atoms in total. The van der Waals surface area contributed by atoms with Crippen molar-refractivity contribution in [3.63, 3.8) is 0 Å². The Morgan fingerprint density at radius 2 is 1.88 bits per heavy atom. The number of amides is 2. The van der Waals surface area contributed by atoms with Gasteiger partial charge in [0.2, 0.25) is 0 Å². The van der Waals surface area contributed by atoms with Crippen LogP contribution in [-0.2, 0) is 4.79 Å². The normalized spacial score (nSPS) is 11.8. The number of alkyl halides is 3. The summed E-state index contributed by atoms with van der Waals surface area (Å²) < 4.78 is 41.2. The van der Waals surface area contributed by atoms with Crippen LogP contribution in [0.25, 0.3) is 0 Å². The van der Waals surface area contributed by atoms with E-state index in [9.17, 15) is 22.8 Å². The van der Waals surface area contributed by atoms with Gasteiger partial charge in [-0.3, -0.25) is 4.79 Å². The zero-order chi connectivity index (χ0) is 19.3. The van der Waals surface area contributed by atoms with Gasteiger partial charge in [0, 0.05) is 17.6 Å². The lowest BCUT2D eigenvalue weighted by Gasteiger charge is -2.25. The fraction of sp³-hybridized carbons (Fsp3) is 0.500. The fourth-order valence-corrected chi connectivity index (χ4v) is 2.00. The lowest BCUT2D eigenvalue weighted by atomic mass is 9.99. The van der Waals surface area contributed by atoms with Gasteiger partial charge in [-0.1, -0.05) is 0 Å². The van der Waals surface area contributed by atoms with Crippen LogP contribution in [0, 0.1) is 6.92 Å². The predicted molar refractivity (Wildman–Crippen MR) is 85.8 cm³/mol. The van der Waals surface area contributed by atoms with Gasteiger partial charge in [-0.05, 0) is 51.0 Å². The van der Waals surface area contributed by atoms with Gasteiger partial charge in [0.15, 0.2) is 6.61 Å². The number of carboxylic acids is 1. The molecule has 0 heterocycles. The number of rotatable bonds is 7. The standard InChI is InChI=1S/C16H21F3N2O4/c1-10-8-11(4-5-12(10)25-9-16(17,18)19)20-14(24)21-15(2,3)7-6-13(22)23/h4-5,8H,6-7,9H2,1-3H3,(H,22,23)(H2,20,21,24). The molecule has 0 saturated heterocycles. The topological polar surface area (TPSA) is 87.7 Å². The molecule has 140 valence electrons. The molecule has 3 N–H and O–H groups in total. The number of benzene rings is 1. The zero-order valence-electron chi connectivity index (χ0n) is 14.2. The summed E-state index contributed by atoms with van der Waals surface area (Å²) in [6, 6.07) is 3.70. The van der Waals surface area contributed by atoms with Crippen molar-refractivity contribution in [2.24, 2.45) is 0 Å². The van der Waals surface area contributed by atoms with E-state index in [0.29, 0.717) is 11.3 Å². The molecule has 0 aliphatic rings. The summed E-state index contributed by atoms with van der Waals surface area (Å²) in [7, 11) is 0. The van der Waals surface area contributed by atoms with Crippen molar-refractivity contribution >= 4 is 17.7 Å². The van der Waals surface area contributed by atoms with Gasteiger partial charge >= 0.3 is 18.2 Å². The first-order valence-corrected chi connectivity index (χ1v) is 7.49. The van der Waals surface area contributed by atoms with Crippen LogP contribution in [0.5, 0.6) is 5.75 Å². The first kappa shape index (κ1) is 20.6. The molecule has 1 rings (SSSR count). The van der Waals surface area contributed by atoms with Gasteiger partial charge in [0.1, 0.15) is 5.75 Å². The van der Waals surface area contributed by atoms with Gasteiger partial charge < -0.3 is 20.5 Å². The van der Waals surface area contributed by atoms with Crippen molar-refractivity contribution in [2.45, 2.75) is 45.3 Å². The minimum Gasteiger partial charge on any atom is -0.484 e. The van der Waals surface area contributed by atoms with E-state index in [2.05, 4.69) is 15.4 Å². The van der Waals surface area contributed by atoms with E-state index in [1.165, 1.54) is 18.2 Å². The Hall–Kier alpha value is -2.45. The third-order valence-electron chi connectivity index (χ3n) is 3.24. The monoisotopic (exact) mass is 362 g/mol. The number of anilines is 1. The van der Waals surface area contributed by atoms with Gasteiger partial charge in [-0.25, -0.2) is 4.79 Å². The van der Waals surface area contributed by atoms with Crippen LogP contribution in [0.1, 0.15) is 32.3 Å². The minimum atomic E-state index is -4.43. The van der Waals surface area contributed by atoms with Gasteiger partial charge in [-0.15, -0.1) is 0 Å². The highest BCUT2D eigenvalue weighted by molar-refractivity contribution is 5.90. The molecule has 0 aliphatic heterocycles. The number of ether oxygens (including phenoxy) is 1. The molecule has 0 atom stereocenters. The van der Waals surface area contributed by atoms with Gasteiger partial charge in [0.25, 0.3) is 0 Å². The summed E-state index contributed by atoms with van der Waals surface area (Å²) in [6.45, 7) is 3.55. The smallest absolute Gasteiger partial charge is 0.422 e. The fourth-order valence-electron chi connectivity index (χ4n) is 2.00. The van der Waals surface area contributed by atoms with Crippen LogP contribution in [0.2, 0.25) is 0 Å². The molecular formula is C16H21F3N2O4. The Balaban J connectivity index is 2.63. The van der Waals surface area contributed by atoms with Crippen molar-refractivity contribution in [1.29, 1.82) is 0 Å². The summed E-state index contributed by atoms with van der Waals surface area (Å²) in [6.07, 6.45) is -4.26. The maximum Gasteiger partial charge on any atom is 0.422 e. The third-order valence-corrected chi connectivity index (χ3v) is 3.24. The average molecular weight is 362 g/mol. The molecule has 0 radical (unpaired) electrons. The van der Waals surface area contributed by atoms with E-state index in [4.69, 9.17) is 5.11 Å². The maximum absolute atomic E-state index is 12.2. The molecule has 0 spiro atoms. The van der Waals surface area contributed by atoms with E-state index in [0.717, 1.165) is 0 Å². The number of carbonyl (C=O) groups excluding carboxylic acids is 1. The quantitative estimate of drug-likeness (QED) is 0.690. The second kappa shape index (κ2) is 8.09. The molecule has 0 aromatic heterocycles. The van der Waals surface area contributed by atoms with Crippen molar-refractivity contribution < 1.29 is 32.6 Å². The average Bonchev–Trinajstić information content (AvgIpc) is 2.42. The van der Waals surface area contributed by atoms with Gasteiger partial charge in [-0.2, -0.15) is 13.2 Å². The van der Waals surface area contributed by atoms with E-state index in [-0.39, 0.29) is 18.6 Å². The highest BCUT2D eigenvalue weighted by atomic mass is 19.4. The number of aliphatic carboxylic acids is 1. The molecule has 2 amide bonds. The van der Waals surface area contributed by atoms with Crippen LogP contribution in [0.15, 0.2) is 18.2 Å². The van der Waals surface area contributed by atoms with E-state index < -0.39 is 30.3 Å². The first-order valence-electron chi connectivity index (χ1n) is 7.49. The summed E-state index contributed by atoms with van der Waals surface area (Å²) >= 11 is 0. The van der Waals surface area contributed by atoms with E-state index in [1.54, 1.807) is 20.8 Å². The SMILES string of the molecule is Cc1cc(NC(=O)NC(C)(C)CCC(=O)O)ccc1OCC(F)(F)F. The molecule has 1 aromatic rings. The number of hydrogen-bond donors (Lipinski definition) is 3. The maximum atomic E-state index is 12.2. The van der Waals surface area contributed by atoms with E-state index >= 15 is 0 Å². The highest BCUT2D eigenvalue weighted by Crippen LogP contribution is 2.24. The lowest BCUT2D eigenvalue weighted by Crippen LogP contribution is -2.45. The largest absolute Gasteiger partial charge is 0.484 e. The number of halogens is 3. The van der Waals surface area contributed by atoms with Crippen molar-refractivity contribution in [2.75, 3.05) is 11.9 Å². The van der Waals surface area contributed by atoms with Crippen LogP contribution in [0.4, 0.5) is 23.7 Å². The lowest BCUT2D eigenvalue weighted by molar-refractivity contribution is -0.153. The number of aryl methyl sites for hydroxylation is 1. The number of carboxylic acid groups (broad SMARTS) is 1. The summed E-state index contributed by atoms with van der Waals surface area (Å²) in [5.74, 6) is -0.884. The van der Waals surface area contributed by atoms with Crippen LogP contribution in [0.3, 0.4) is 0 Å². The Bertz CT molecular complexity index is 630. The van der Waals surface area contributed by atoms with Crippen molar-refractivity contribution in [3.8, 4) is 5.75 Å². The molecule has 0 saturated carbocycles. The second-order valence-corrected chi connectivity index (χ2v) is 6.24. The number of urea groups is 1. The molecule has 0 bridgehead atoms. The summed E-state index contributed by atoms with van der Waals surface area (Å²) in [5.41, 5.74) is 0.0865. The second-order valence-electron chi connectivity index (χ2n) is 6.24. The van der Waals surface area contributed by atoms with Crippen molar-refractivity contribution in [1.82, 2.24) is 5.32 Å². The number of hydrogen-bond acceptors (Lipinski definition) is 3. The summed E-state index contributed by atoms with van der Waals surface area (Å²) in [5, 5.41) is 13.9. The number of carbonyl (C=O) groups is 2. The summed E-state index contributed by atoms with van der Waals surface area (Å²) in [4.78, 5) is 22.6. The Labute approximate surface area is 143 Å². The van der Waals surface area contributed by atoms with Gasteiger partial charge in [0.05, 0.1) is 0 Å². The van der Waals surface area contributed by atoms with Crippen LogP contribution >= 0.6 is 0 Å².